The van der Waals surface area contributed by atoms with Crippen LogP contribution in [0, 0.1) is 5.41 Å². The van der Waals surface area contributed by atoms with Crippen molar-refractivity contribution in [2.24, 2.45) is 5.41 Å². The van der Waals surface area contributed by atoms with E-state index in [-0.39, 0.29) is 5.54 Å². The number of hydrogen-bond donors (Lipinski definition) is 0. The van der Waals surface area contributed by atoms with Crippen molar-refractivity contribution >= 4 is 0 Å². The van der Waals surface area contributed by atoms with E-state index in [1.165, 1.54) is 12.0 Å². The molecule has 0 bridgehead atoms. The van der Waals surface area contributed by atoms with Crippen LogP contribution in [-0.4, -0.2) is 16.5 Å². The maximum Gasteiger partial charge on any atom is 0.0371 e. The Morgan fingerprint density at radius 1 is 0.944 bits per heavy atom. The number of nitrogens with zero attached hydrogens (tertiary/aromatic N) is 1. The molecule has 0 spiro atoms. The van der Waals surface area contributed by atoms with Crippen molar-refractivity contribution < 1.29 is 0 Å². The maximum absolute atomic E-state index is 2.70. The summed E-state index contributed by atoms with van der Waals surface area (Å²) >= 11 is 0. The molecule has 2 unspecified atom stereocenters. The summed E-state index contributed by atoms with van der Waals surface area (Å²) in [6.07, 6.45) is 1.28. The van der Waals surface area contributed by atoms with E-state index in [9.17, 15) is 0 Å². The predicted molar refractivity (Wildman–Crippen MR) is 78.6 cm³/mol. The van der Waals surface area contributed by atoms with E-state index in [2.05, 4.69) is 76.8 Å². The van der Waals surface area contributed by atoms with Gasteiger partial charge in [-0.05, 0) is 38.2 Å². The molecule has 1 saturated heterocycles. The molecular formula is C17H27N. The van der Waals surface area contributed by atoms with Crippen LogP contribution in [0.5, 0.6) is 0 Å². The summed E-state index contributed by atoms with van der Waals surface area (Å²) in [5.41, 5.74) is 2.06. The van der Waals surface area contributed by atoms with Gasteiger partial charge in [0.25, 0.3) is 0 Å². The lowest BCUT2D eigenvalue weighted by Crippen LogP contribution is -2.63. The normalized spacial score (nSPS) is 25.9. The van der Waals surface area contributed by atoms with Gasteiger partial charge in [-0.3, -0.25) is 4.90 Å². The van der Waals surface area contributed by atoms with Crippen LogP contribution >= 0.6 is 0 Å². The average molecular weight is 245 g/mol. The van der Waals surface area contributed by atoms with Crippen LogP contribution in [0.25, 0.3) is 0 Å². The summed E-state index contributed by atoms with van der Waals surface area (Å²) in [6, 6.07) is 12.2. The zero-order chi connectivity index (χ0) is 13.6. The smallest absolute Gasteiger partial charge is 0.0371 e. The third-order valence-corrected chi connectivity index (χ3v) is 4.08. The van der Waals surface area contributed by atoms with Gasteiger partial charge in [0.1, 0.15) is 0 Å². The van der Waals surface area contributed by atoms with Crippen LogP contribution < -0.4 is 0 Å². The summed E-state index contributed by atoms with van der Waals surface area (Å²) in [5.74, 6) is 0. The highest BCUT2D eigenvalue weighted by Gasteiger charge is 2.49. The van der Waals surface area contributed by atoms with E-state index in [0.29, 0.717) is 17.5 Å². The predicted octanol–water partition coefficient (Wildman–Crippen LogP) is 4.65. The molecule has 2 atom stereocenters. The zero-order valence-electron chi connectivity index (χ0n) is 12.7. The van der Waals surface area contributed by atoms with Crippen LogP contribution in [0.3, 0.4) is 0 Å². The summed E-state index contributed by atoms with van der Waals surface area (Å²) in [5, 5.41) is 0. The molecule has 1 heterocycles. The first-order chi connectivity index (χ1) is 8.21. The second-order valence-electron chi connectivity index (χ2n) is 7.62. The summed E-state index contributed by atoms with van der Waals surface area (Å²) < 4.78 is 0. The number of likely N-dealkylation sites (tertiary alicyclic amines) is 1. The molecule has 1 aliphatic heterocycles. The summed E-state index contributed by atoms with van der Waals surface area (Å²) in [6.45, 7) is 14.1. The molecule has 0 N–H and O–H groups in total. The van der Waals surface area contributed by atoms with Gasteiger partial charge in [0.15, 0.2) is 0 Å². The van der Waals surface area contributed by atoms with Crippen molar-refractivity contribution in [1.82, 2.24) is 4.90 Å². The Balaban J connectivity index is 2.26. The van der Waals surface area contributed by atoms with Gasteiger partial charge < -0.3 is 0 Å². The van der Waals surface area contributed by atoms with Gasteiger partial charge in [0, 0.05) is 17.6 Å². The summed E-state index contributed by atoms with van der Waals surface area (Å²) in [4.78, 5) is 2.70. The lowest BCUT2D eigenvalue weighted by molar-refractivity contribution is -0.106. The molecule has 100 valence electrons. The number of benzene rings is 1. The first-order valence-electron chi connectivity index (χ1n) is 7.04. The van der Waals surface area contributed by atoms with Gasteiger partial charge in [-0.15, -0.1) is 0 Å². The SMILES string of the molecule is CC(C)(C)C1CC(c2ccccc2)N1C(C)(C)C. The molecule has 1 heteroatoms. The molecular weight excluding hydrogens is 218 g/mol. The monoisotopic (exact) mass is 245 g/mol. The minimum atomic E-state index is 0.233. The van der Waals surface area contributed by atoms with Crippen LogP contribution in [0.1, 0.15) is 59.6 Å². The molecule has 0 saturated carbocycles. The van der Waals surface area contributed by atoms with E-state index in [0.717, 1.165) is 0 Å². The molecule has 2 rings (SSSR count). The number of hydrogen-bond acceptors (Lipinski definition) is 1. The highest BCUT2D eigenvalue weighted by molar-refractivity contribution is 5.24. The van der Waals surface area contributed by atoms with Gasteiger partial charge in [-0.25, -0.2) is 0 Å². The molecule has 1 fully saturated rings. The molecule has 0 aliphatic carbocycles. The van der Waals surface area contributed by atoms with E-state index < -0.39 is 0 Å². The van der Waals surface area contributed by atoms with Gasteiger partial charge in [0.2, 0.25) is 0 Å². The van der Waals surface area contributed by atoms with E-state index in [1.807, 2.05) is 0 Å². The first kappa shape index (κ1) is 13.6. The Bertz CT molecular complexity index is 394. The molecule has 1 nitrogen and oxygen atoms in total. The molecule has 1 aliphatic rings. The van der Waals surface area contributed by atoms with Crippen molar-refractivity contribution in [2.45, 2.75) is 65.6 Å². The largest absolute Gasteiger partial charge is 0.288 e. The Morgan fingerprint density at radius 3 is 1.94 bits per heavy atom. The fourth-order valence-electron chi connectivity index (χ4n) is 3.20. The van der Waals surface area contributed by atoms with Crippen LogP contribution in [0.15, 0.2) is 30.3 Å². The van der Waals surface area contributed by atoms with Crippen molar-refractivity contribution in [3.8, 4) is 0 Å². The second kappa shape index (κ2) is 4.38. The third-order valence-electron chi connectivity index (χ3n) is 4.08. The van der Waals surface area contributed by atoms with E-state index in [4.69, 9.17) is 0 Å². The minimum Gasteiger partial charge on any atom is -0.288 e. The molecule has 0 amide bonds. The molecule has 0 aromatic heterocycles. The number of rotatable bonds is 1. The highest BCUT2D eigenvalue weighted by atomic mass is 15.3. The topological polar surface area (TPSA) is 3.24 Å². The molecule has 1 aromatic carbocycles. The van der Waals surface area contributed by atoms with Crippen molar-refractivity contribution in [3.05, 3.63) is 35.9 Å². The van der Waals surface area contributed by atoms with Gasteiger partial charge >= 0.3 is 0 Å². The van der Waals surface area contributed by atoms with Crippen LogP contribution in [0.4, 0.5) is 0 Å². The van der Waals surface area contributed by atoms with E-state index >= 15 is 0 Å². The second-order valence-corrected chi connectivity index (χ2v) is 7.62. The van der Waals surface area contributed by atoms with Gasteiger partial charge in [-0.2, -0.15) is 0 Å². The lowest BCUT2D eigenvalue weighted by Gasteiger charge is -2.60. The molecule has 18 heavy (non-hydrogen) atoms. The quantitative estimate of drug-likeness (QED) is 0.696. The maximum atomic E-state index is 2.70. The standard InChI is InChI=1S/C17H27N/c1-16(2,3)15-12-14(18(15)17(4,5)6)13-10-8-7-9-11-13/h7-11,14-15H,12H2,1-6H3. The van der Waals surface area contributed by atoms with Crippen molar-refractivity contribution in [3.63, 3.8) is 0 Å². The lowest BCUT2D eigenvalue weighted by atomic mass is 9.71. The zero-order valence-corrected chi connectivity index (χ0v) is 12.7. The summed E-state index contributed by atoms with van der Waals surface area (Å²) in [7, 11) is 0. The molecule has 1 aromatic rings. The fraction of sp³-hybridized carbons (Fsp3) is 0.647. The first-order valence-corrected chi connectivity index (χ1v) is 7.04. The fourth-order valence-corrected chi connectivity index (χ4v) is 3.20. The van der Waals surface area contributed by atoms with Crippen LogP contribution in [0.2, 0.25) is 0 Å². The van der Waals surface area contributed by atoms with Crippen LogP contribution in [-0.2, 0) is 0 Å². The van der Waals surface area contributed by atoms with Gasteiger partial charge in [-0.1, -0.05) is 51.1 Å². The average Bonchev–Trinajstić information content (AvgIpc) is 2.12. The molecule has 0 radical (unpaired) electrons. The highest BCUT2D eigenvalue weighted by Crippen LogP contribution is 2.49. The minimum absolute atomic E-state index is 0.233. The third kappa shape index (κ3) is 2.47. The van der Waals surface area contributed by atoms with E-state index in [1.54, 1.807) is 0 Å². The van der Waals surface area contributed by atoms with Crippen molar-refractivity contribution in [2.75, 3.05) is 0 Å². The van der Waals surface area contributed by atoms with Crippen molar-refractivity contribution in [1.29, 1.82) is 0 Å². The Morgan fingerprint density at radius 2 is 1.50 bits per heavy atom. The van der Waals surface area contributed by atoms with Gasteiger partial charge in [0.05, 0.1) is 0 Å². The Labute approximate surface area is 112 Å². The Hall–Kier alpha value is -0.820. The Kier molecular flexibility index (Phi) is 3.31.